The van der Waals surface area contributed by atoms with Crippen LogP contribution in [0.5, 0.6) is 5.75 Å². The van der Waals surface area contributed by atoms with E-state index in [-0.39, 0.29) is 18.6 Å². The molecule has 10 heteroatoms. The second-order valence-corrected chi connectivity index (χ2v) is 9.72. The highest BCUT2D eigenvalue weighted by Crippen LogP contribution is 2.30. The molecule has 1 aliphatic rings. The monoisotopic (exact) mass is 490 g/mol. The van der Waals surface area contributed by atoms with Gasteiger partial charge in [0, 0.05) is 56.8 Å². The Balaban J connectivity index is 1.30. The number of piperazine rings is 1. The number of aliphatic hydroxyl groups is 1. The molecule has 0 spiro atoms. The number of β-amino-alcohol motifs (C(OH)–C–C–N with tert-alkyl or cyclic N) is 1. The zero-order valence-electron chi connectivity index (χ0n) is 18.9. The Bertz CT molecular complexity index is 1130. The quantitative estimate of drug-likeness (QED) is 0.479. The van der Waals surface area contributed by atoms with Crippen LogP contribution in [0.1, 0.15) is 23.0 Å². The highest BCUT2D eigenvalue weighted by molar-refractivity contribution is 7.18. The first kappa shape index (κ1) is 24.5. The molecule has 1 fully saturated rings. The number of primary amides is 1. The maximum Gasteiger partial charge on any atom is 0.219 e. The predicted molar refractivity (Wildman–Crippen MR) is 127 cm³/mol. The van der Waals surface area contributed by atoms with E-state index in [4.69, 9.17) is 10.5 Å². The average molecular weight is 491 g/mol. The molecule has 7 nitrogen and oxygen atoms in total. The SMILES string of the molecule is Cc1nc2cc(OC[C@H](O)CN3CCN(C(CC(N)=O)c4c(F)cccc4F)CC3)ccc2s1. The third-order valence-electron chi connectivity index (χ3n) is 5.95. The maximum atomic E-state index is 14.4. The second kappa shape index (κ2) is 10.7. The Kier molecular flexibility index (Phi) is 7.72. The first-order valence-electron chi connectivity index (χ1n) is 11.2. The van der Waals surface area contributed by atoms with Gasteiger partial charge in [-0.05, 0) is 31.2 Å². The molecule has 1 amide bonds. The number of hydrogen-bond donors (Lipinski definition) is 2. The second-order valence-electron chi connectivity index (χ2n) is 8.49. The number of nitrogens with two attached hydrogens (primary N) is 1. The minimum absolute atomic E-state index is 0.129. The zero-order chi connectivity index (χ0) is 24.2. The van der Waals surface area contributed by atoms with Crippen LogP contribution in [0.4, 0.5) is 8.78 Å². The molecule has 34 heavy (non-hydrogen) atoms. The van der Waals surface area contributed by atoms with E-state index in [2.05, 4.69) is 9.88 Å². The summed E-state index contributed by atoms with van der Waals surface area (Å²) in [4.78, 5) is 20.0. The first-order chi connectivity index (χ1) is 16.3. The van der Waals surface area contributed by atoms with Gasteiger partial charge in [0.1, 0.15) is 30.1 Å². The Morgan fingerprint density at radius 2 is 1.91 bits per heavy atom. The maximum absolute atomic E-state index is 14.4. The number of aryl methyl sites for hydroxylation is 1. The third-order valence-corrected chi connectivity index (χ3v) is 6.90. The summed E-state index contributed by atoms with van der Waals surface area (Å²) in [5.41, 5.74) is 6.12. The molecule has 3 N–H and O–H groups in total. The molecule has 1 unspecified atom stereocenters. The molecule has 0 radical (unpaired) electrons. The molecule has 2 aromatic carbocycles. The molecule has 4 rings (SSSR count). The number of carbonyl (C=O) groups is 1. The lowest BCUT2D eigenvalue weighted by molar-refractivity contribution is -0.119. The highest BCUT2D eigenvalue weighted by atomic mass is 32.1. The third kappa shape index (κ3) is 5.87. The molecule has 3 aromatic rings. The van der Waals surface area contributed by atoms with Gasteiger partial charge < -0.3 is 15.6 Å². The van der Waals surface area contributed by atoms with Gasteiger partial charge in [0.2, 0.25) is 5.91 Å². The van der Waals surface area contributed by atoms with Gasteiger partial charge in [0.15, 0.2) is 0 Å². The van der Waals surface area contributed by atoms with Crippen molar-refractivity contribution in [2.45, 2.75) is 25.5 Å². The number of aliphatic hydroxyl groups excluding tert-OH is 1. The van der Waals surface area contributed by atoms with Gasteiger partial charge in [-0.1, -0.05) is 6.07 Å². The van der Waals surface area contributed by atoms with E-state index < -0.39 is 29.7 Å². The van der Waals surface area contributed by atoms with Crippen molar-refractivity contribution in [2.24, 2.45) is 5.73 Å². The van der Waals surface area contributed by atoms with Crippen LogP contribution in [-0.2, 0) is 4.79 Å². The standard InChI is InChI=1S/C24H28F2N4O3S/c1-15-28-20-11-17(5-6-22(20)34-15)33-14-16(31)13-29-7-9-30(10-8-29)21(12-23(27)32)24-18(25)3-2-4-19(24)26/h2-6,11,16,21,31H,7-10,12-14H2,1H3,(H2,27,32)/t16-,21?/m1/s1. The number of rotatable bonds is 9. The van der Waals surface area contributed by atoms with Crippen LogP contribution in [-0.4, -0.2) is 71.2 Å². The van der Waals surface area contributed by atoms with Crippen LogP contribution in [0.25, 0.3) is 10.2 Å². The van der Waals surface area contributed by atoms with Crippen LogP contribution < -0.4 is 10.5 Å². The Hall–Kier alpha value is -2.66. The number of benzene rings is 2. The van der Waals surface area contributed by atoms with E-state index in [0.29, 0.717) is 38.5 Å². The smallest absolute Gasteiger partial charge is 0.219 e. The van der Waals surface area contributed by atoms with Crippen LogP contribution >= 0.6 is 11.3 Å². The van der Waals surface area contributed by atoms with Crippen LogP contribution in [0.15, 0.2) is 36.4 Å². The number of hydrogen-bond acceptors (Lipinski definition) is 7. The molecule has 0 saturated carbocycles. The number of ether oxygens (including phenoxy) is 1. The number of amides is 1. The summed E-state index contributed by atoms with van der Waals surface area (Å²) in [5, 5.41) is 11.5. The molecule has 0 aliphatic carbocycles. The van der Waals surface area contributed by atoms with Crippen molar-refractivity contribution >= 4 is 27.5 Å². The summed E-state index contributed by atoms with van der Waals surface area (Å²) in [6.45, 7) is 4.62. The molecular weight excluding hydrogens is 462 g/mol. The van der Waals surface area contributed by atoms with Crippen molar-refractivity contribution in [3.8, 4) is 5.75 Å². The van der Waals surface area contributed by atoms with Gasteiger partial charge in [0.05, 0.1) is 15.2 Å². The van der Waals surface area contributed by atoms with Gasteiger partial charge in [-0.15, -0.1) is 11.3 Å². The summed E-state index contributed by atoms with van der Waals surface area (Å²) in [5.74, 6) is -1.34. The minimum Gasteiger partial charge on any atom is -0.491 e. The number of carbonyl (C=O) groups excluding carboxylic acids is 1. The van der Waals surface area contributed by atoms with E-state index in [1.54, 1.807) is 11.3 Å². The predicted octanol–water partition coefficient (Wildman–Crippen LogP) is 2.86. The van der Waals surface area contributed by atoms with Gasteiger partial charge in [-0.2, -0.15) is 0 Å². The van der Waals surface area contributed by atoms with E-state index in [9.17, 15) is 18.7 Å². The molecule has 2 heterocycles. The van der Waals surface area contributed by atoms with Crippen molar-refractivity contribution < 1.29 is 23.4 Å². The van der Waals surface area contributed by atoms with Crippen LogP contribution in [0, 0.1) is 18.6 Å². The first-order valence-corrected chi connectivity index (χ1v) is 12.0. The van der Waals surface area contributed by atoms with Gasteiger partial charge in [-0.25, -0.2) is 13.8 Å². The highest BCUT2D eigenvalue weighted by Gasteiger charge is 2.30. The van der Waals surface area contributed by atoms with Gasteiger partial charge in [-0.3, -0.25) is 14.6 Å². The number of thiazole rings is 1. The molecule has 2 atom stereocenters. The van der Waals surface area contributed by atoms with Crippen molar-refractivity contribution in [3.63, 3.8) is 0 Å². The molecule has 1 saturated heterocycles. The lowest BCUT2D eigenvalue weighted by atomic mass is 9.99. The molecular formula is C24H28F2N4O3S. The van der Waals surface area contributed by atoms with Gasteiger partial charge in [0.25, 0.3) is 0 Å². The fraction of sp³-hybridized carbons (Fsp3) is 0.417. The molecule has 0 bridgehead atoms. The normalized spacial score (nSPS) is 17.1. The largest absolute Gasteiger partial charge is 0.491 e. The molecule has 1 aliphatic heterocycles. The fourth-order valence-electron chi connectivity index (χ4n) is 4.35. The van der Waals surface area contributed by atoms with Crippen molar-refractivity contribution in [1.82, 2.24) is 14.8 Å². The summed E-state index contributed by atoms with van der Waals surface area (Å²) in [6, 6.07) is 8.60. The van der Waals surface area contributed by atoms with Crippen molar-refractivity contribution in [3.05, 3.63) is 58.6 Å². The number of aromatic nitrogens is 1. The van der Waals surface area contributed by atoms with E-state index in [0.717, 1.165) is 15.2 Å². The molecule has 1 aromatic heterocycles. The summed E-state index contributed by atoms with van der Waals surface area (Å²) < 4.78 is 35.6. The Labute approximate surface area is 200 Å². The summed E-state index contributed by atoms with van der Waals surface area (Å²) in [6.07, 6.45) is -0.873. The molecule has 182 valence electrons. The van der Waals surface area contributed by atoms with Crippen LogP contribution in [0.2, 0.25) is 0 Å². The van der Waals surface area contributed by atoms with Crippen molar-refractivity contribution in [1.29, 1.82) is 0 Å². The lowest BCUT2D eigenvalue weighted by Crippen LogP contribution is -2.50. The van der Waals surface area contributed by atoms with E-state index >= 15 is 0 Å². The Morgan fingerprint density at radius 3 is 2.59 bits per heavy atom. The zero-order valence-corrected chi connectivity index (χ0v) is 19.7. The van der Waals surface area contributed by atoms with Crippen molar-refractivity contribution in [2.75, 3.05) is 39.3 Å². The fourth-order valence-corrected chi connectivity index (χ4v) is 5.15. The summed E-state index contributed by atoms with van der Waals surface area (Å²) in [7, 11) is 0. The number of nitrogens with zero attached hydrogens (tertiary/aromatic N) is 3. The number of fused-ring (bicyclic) bond motifs is 1. The van der Waals surface area contributed by atoms with Crippen LogP contribution in [0.3, 0.4) is 0 Å². The van der Waals surface area contributed by atoms with Gasteiger partial charge >= 0.3 is 0 Å². The Morgan fingerprint density at radius 1 is 1.21 bits per heavy atom. The lowest BCUT2D eigenvalue weighted by Gasteiger charge is -2.39. The van der Waals surface area contributed by atoms with E-state index in [1.807, 2.05) is 30.0 Å². The minimum atomic E-state index is -0.765. The topological polar surface area (TPSA) is 91.9 Å². The average Bonchev–Trinajstić information content (AvgIpc) is 3.16. The number of halogens is 2. The summed E-state index contributed by atoms with van der Waals surface area (Å²) >= 11 is 1.62. The van der Waals surface area contributed by atoms with E-state index in [1.165, 1.54) is 18.2 Å².